The number of alkyl halides is 2. The molecule has 0 aliphatic rings. The first kappa shape index (κ1) is 13.2. The van der Waals surface area contributed by atoms with E-state index in [0.717, 1.165) is 0 Å². The fourth-order valence-electron chi connectivity index (χ4n) is 1.04. The van der Waals surface area contributed by atoms with Gasteiger partial charge in [0.05, 0.1) is 6.61 Å². The van der Waals surface area contributed by atoms with E-state index in [-0.39, 0.29) is 24.7 Å². The lowest BCUT2D eigenvalue weighted by Gasteiger charge is -2.08. The molecule has 2 N–H and O–H groups in total. The molecule has 0 radical (unpaired) electrons. The van der Waals surface area contributed by atoms with Crippen LogP contribution in [0.4, 0.5) is 19.3 Å². The molecule has 0 unspecified atom stereocenters. The van der Waals surface area contributed by atoms with E-state index in [1.54, 1.807) is 0 Å². The summed E-state index contributed by atoms with van der Waals surface area (Å²) >= 11 is 0. The predicted octanol–water partition coefficient (Wildman–Crippen LogP) is 1.83. The van der Waals surface area contributed by atoms with E-state index in [9.17, 15) is 13.6 Å². The summed E-state index contributed by atoms with van der Waals surface area (Å²) in [5, 5.41) is 10.7. The van der Waals surface area contributed by atoms with Crippen molar-refractivity contribution in [2.45, 2.75) is 6.61 Å². The van der Waals surface area contributed by atoms with Crippen molar-refractivity contribution in [2.75, 3.05) is 18.5 Å². The fraction of sp³-hybridized carbons (Fsp3) is 0.300. The third-order valence-electron chi connectivity index (χ3n) is 1.63. The van der Waals surface area contributed by atoms with Gasteiger partial charge in [-0.15, -0.1) is 0 Å². The van der Waals surface area contributed by atoms with Crippen LogP contribution in [-0.2, 0) is 4.74 Å². The summed E-state index contributed by atoms with van der Waals surface area (Å²) in [6.07, 6.45) is -0.784. The molecule has 0 aromatic heterocycles. The van der Waals surface area contributed by atoms with Gasteiger partial charge in [0.2, 0.25) is 0 Å². The van der Waals surface area contributed by atoms with Crippen LogP contribution < -0.4 is 10.1 Å². The van der Waals surface area contributed by atoms with Gasteiger partial charge in [0.25, 0.3) is 0 Å². The minimum Gasteiger partial charge on any atom is -0.447 e. The van der Waals surface area contributed by atoms with Gasteiger partial charge in [0.1, 0.15) is 12.4 Å². The molecule has 1 rings (SSSR count). The second-order valence-electron chi connectivity index (χ2n) is 2.89. The summed E-state index contributed by atoms with van der Waals surface area (Å²) in [6, 6.07) is 5.49. The number of amides is 1. The average molecular weight is 247 g/mol. The Kier molecular flexibility index (Phi) is 5.15. The van der Waals surface area contributed by atoms with E-state index >= 15 is 0 Å². The van der Waals surface area contributed by atoms with Crippen LogP contribution in [0.25, 0.3) is 0 Å². The molecule has 0 spiro atoms. The molecule has 0 aliphatic carbocycles. The zero-order valence-corrected chi connectivity index (χ0v) is 8.73. The minimum atomic E-state index is -2.92. The van der Waals surface area contributed by atoms with Crippen molar-refractivity contribution in [1.82, 2.24) is 0 Å². The highest BCUT2D eigenvalue weighted by Gasteiger charge is 2.06. The first-order valence-corrected chi connectivity index (χ1v) is 4.71. The molecule has 94 valence electrons. The van der Waals surface area contributed by atoms with Gasteiger partial charge in [-0.3, -0.25) is 5.32 Å². The zero-order valence-electron chi connectivity index (χ0n) is 8.73. The highest BCUT2D eigenvalue weighted by Crippen LogP contribution is 2.19. The summed E-state index contributed by atoms with van der Waals surface area (Å²) < 4.78 is 32.5. The van der Waals surface area contributed by atoms with Gasteiger partial charge >= 0.3 is 12.7 Å². The van der Waals surface area contributed by atoms with Crippen molar-refractivity contribution in [3.05, 3.63) is 24.3 Å². The van der Waals surface area contributed by atoms with Crippen LogP contribution in [-0.4, -0.2) is 31.0 Å². The van der Waals surface area contributed by atoms with Crippen molar-refractivity contribution in [3.63, 3.8) is 0 Å². The third kappa shape index (κ3) is 5.12. The zero-order chi connectivity index (χ0) is 12.7. The van der Waals surface area contributed by atoms with Crippen LogP contribution in [0.5, 0.6) is 5.75 Å². The maximum atomic E-state index is 11.9. The predicted molar refractivity (Wildman–Crippen MR) is 55.1 cm³/mol. The van der Waals surface area contributed by atoms with Crippen LogP contribution in [0.1, 0.15) is 0 Å². The molecule has 7 heteroatoms. The summed E-state index contributed by atoms with van der Waals surface area (Å²) in [5.41, 5.74) is 0.256. The molecule has 17 heavy (non-hydrogen) atoms. The largest absolute Gasteiger partial charge is 0.447 e. The number of hydrogen-bond donors (Lipinski definition) is 2. The Balaban J connectivity index is 2.56. The summed E-state index contributed by atoms with van der Waals surface area (Å²) in [7, 11) is 0. The Morgan fingerprint density at radius 3 is 2.88 bits per heavy atom. The van der Waals surface area contributed by atoms with E-state index < -0.39 is 12.7 Å². The number of anilines is 1. The van der Waals surface area contributed by atoms with Crippen molar-refractivity contribution >= 4 is 11.8 Å². The molecule has 0 heterocycles. The lowest BCUT2D eigenvalue weighted by molar-refractivity contribution is -0.0497. The monoisotopic (exact) mass is 247 g/mol. The second kappa shape index (κ2) is 6.64. The fourth-order valence-corrected chi connectivity index (χ4v) is 1.04. The number of aliphatic hydroxyl groups excluding tert-OH is 1. The summed E-state index contributed by atoms with van der Waals surface area (Å²) in [4.78, 5) is 11.1. The molecule has 1 aromatic carbocycles. The Hall–Kier alpha value is -1.89. The number of rotatable bonds is 5. The van der Waals surface area contributed by atoms with Gasteiger partial charge in [0.15, 0.2) is 0 Å². The van der Waals surface area contributed by atoms with Crippen LogP contribution in [0.2, 0.25) is 0 Å². The Labute approximate surface area is 96.0 Å². The highest BCUT2D eigenvalue weighted by atomic mass is 19.3. The Morgan fingerprint density at radius 1 is 1.47 bits per heavy atom. The first-order valence-electron chi connectivity index (χ1n) is 4.71. The number of benzene rings is 1. The molecule has 1 amide bonds. The van der Waals surface area contributed by atoms with Crippen LogP contribution in [0.15, 0.2) is 24.3 Å². The Morgan fingerprint density at radius 2 is 2.24 bits per heavy atom. The smallest absolute Gasteiger partial charge is 0.411 e. The van der Waals surface area contributed by atoms with E-state index in [0.29, 0.717) is 0 Å². The van der Waals surface area contributed by atoms with Gasteiger partial charge in [-0.05, 0) is 12.1 Å². The van der Waals surface area contributed by atoms with E-state index in [1.165, 1.54) is 24.3 Å². The molecular formula is C10H11F2NO4. The molecule has 0 atom stereocenters. The lowest BCUT2D eigenvalue weighted by Crippen LogP contribution is -2.15. The maximum absolute atomic E-state index is 11.9. The minimum absolute atomic E-state index is 0.0695. The second-order valence-corrected chi connectivity index (χ2v) is 2.89. The van der Waals surface area contributed by atoms with Crippen molar-refractivity contribution in [1.29, 1.82) is 0 Å². The highest BCUT2D eigenvalue weighted by molar-refractivity contribution is 5.84. The van der Waals surface area contributed by atoms with E-state index in [2.05, 4.69) is 14.8 Å². The molecule has 5 nitrogen and oxygen atoms in total. The number of carbonyl (C=O) groups is 1. The van der Waals surface area contributed by atoms with E-state index in [4.69, 9.17) is 5.11 Å². The first-order chi connectivity index (χ1) is 8.11. The molecule has 0 fully saturated rings. The normalized spacial score (nSPS) is 10.1. The van der Waals surface area contributed by atoms with Gasteiger partial charge in [-0.2, -0.15) is 8.78 Å². The molecule has 0 saturated carbocycles. The van der Waals surface area contributed by atoms with Crippen molar-refractivity contribution < 1.29 is 28.2 Å². The van der Waals surface area contributed by atoms with Gasteiger partial charge in [-0.1, -0.05) is 6.07 Å². The number of aliphatic hydroxyl groups is 1. The van der Waals surface area contributed by atoms with Gasteiger partial charge in [-0.25, -0.2) is 4.79 Å². The third-order valence-corrected chi connectivity index (χ3v) is 1.63. The average Bonchev–Trinajstić information content (AvgIpc) is 2.26. The van der Waals surface area contributed by atoms with E-state index in [1.807, 2.05) is 0 Å². The summed E-state index contributed by atoms with van der Waals surface area (Å²) in [5.74, 6) is -0.0695. The van der Waals surface area contributed by atoms with Crippen LogP contribution in [0.3, 0.4) is 0 Å². The standard InChI is InChI=1S/C10H11F2NO4/c11-9(12)17-8-3-1-2-7(6-8)13-10(15)16-5-4-14/h1-3,6,9,14H,4-5H2,(H,13,15). The van der Waals surface area contributed by atoms with Crippen LogP contribution in [0, 0.1) is 0 Å². The number of hydrogen-bond acceptors (Lipinski definition) is 4. The maximum Gasteiger partial charge on any atom is 0.411 e. The van der Waals surface area contributed by atoms with Crippen LogP contribution >= 0.6 is 0 Å². The van der Waals surface area contributed by atoms with Crippen molar-refractivity contribution in [2.24, 2.45) is 0 Å². The topological polar surface area (TPSA) is 67.8 Å². The number of nitrogens with one attached hydrogen (secondary N) is 1. The number of ether oxygens (including phenoxy) is 2. The molecule has 0 aliphatic heterocycles. The molecule has 0 saturated heterocycles. The molecule has 1 aromatic rings. The van der Waals surface area contributed by atoms with Gasteiger partial charge < -0.3 is 14.6 Å². The Bertz CT molecular complexity index is 373. The quantitative estimate of drug-likeness (QED) is 0.832. The van der Waals surface area contributed by atoms with Crippen molar-refractivity contribution in [3.8, 4) is 5.75 Å². The lowest BCUT2D eigenvalue weighted by atomic mass is 10.3. The number of halogens is 2. The van der Waals surface area contributed by atoms with Gasteiger partial charge in [0, 0.05) is 11.8 Å². The summed E-state index contributed by atoms with van der Waals surface area (Å²) in [6.45, 7) is -3.35. The molecule has 0 bridgehead atoms. The SMILES string of the molecule is O=C(Nc1cccc(OC(F)F)c1)OCCO. The molecular weight excluding hydrogens is 236 g/mol. The number of carbonyl (C=O) groups excluding carboxylic acids is 1.